The molecule has 1 N–H and O–H groups in total. The van der Waals surface area contributed by atoms with Crippen LogP contribution in [0.15, 0.2) is 54.4 Å². The van der Waals surface area contributed by atoms with Gasteiger partial charge in [0, 0.05) is 18.9 Å². The van der Waals surface area contributed by atoms with E-state index in [1.165, 1.54) is 12.2 Å². The maximum atomic E-state index is 13.8. The third kappa shape index (κ3) is 4.96. The zero-order valence-electron chi connectivity index (χ0n) is 13.7. The Morgan fingerprint density at radius 1 is 1.16 bits per heavy atom. The second-order valence-corrected chi connectivity index (χ2v) is 7.87. The predicted octanol–water partition coefficient (Wildman–Crippen LogP) is 5.25. The molecule has 2 nitrogen and oxygen atoms in total. The highest BCUT2D eigenvalue weighted by Crippen LogP contribution is 2.37. The monoisotopic (exact) mass is 415 g/mol. The van der Waals surface area contributed by atoms with Gasteiger partial charge in [0.25, 0.3) is 0 Å². The van der Waals surface area contributed by atoms with E-state index in [2.05, 4.69) is 21.2 Å². The van der Waals surface area contributed by atoms with Crippen molar-refractivity contribution < 1.29 is 17.9 Å². The summed E-state index contributed by atoms with van der Waals surface area (Å²) in [4.78, 5) is 0. The largest absolute Gasteiger partial charge is 0.353 e. The molecule has 1 aromatic carbocycles. The molecule has 25 heavy (non-hydrogen) atoms. The average Bonchev–Trinajstić information content (AvgIpc) is 2.58. The molecule has 0 amide bonds. The molecule has 136 valence electrons. The van der Waals surface area contributed by atoms with Crippen molar-refractivity contribution in [3.05, 3.63) is 60.0 Å². The Morgan fingerprint density at radius 3 is 2.52 bits per heavy atom. The second kappa shape index (κ2) is 7.64. The molecule has 3 rings (SSSR count). The van der Waals surface area contributed by atoms with Crippen molar-refractivity contribution >= 4 is 15.9 Å². The summed E-state index contributed by atoms with van der Waals surface area (Å²) in [6.07, 6.45) is 4.99. The summed E-state index contributed by atoms with van der Waals surface area (Å²) >= 11 is 3.51. The van der Waals surface area contributed by atoms with Gasteiger partial charge in [0.2, 0.25) is 5.92 Å². The van der Waals surface area contributed by atoms with Crippen LogP contribution in [0, 0.1) is 0 Å². The van der Waals surface area contributed by atoms with Gasteiger partial charge in [-0.1, -0.05) is 36.4 Å². The van der Waals surface area contributed by atoms with Crippen LogP contribution in [-0.4, -0.2) is 22.5 Å². The van der Waals surface area contributed by atoms with Gasteiger partial charge in [0.15, 0.2) is 4.51 Å². The van der Waals surface area contributed by atoms with E-state index >= 15 is 0 Å². The van der Waals surface area contributed by atoms with Gasteiger partial charge in [0.1, 0.15) is 5.83 Å². The molecular weight excluding hydrogens is 395 g/mol. The number of halogens is 4. The lowest BCUT2D eigenvalue weighted by Gasteiger charge is -2.38. The first-order chi connectivity index (χ1) is 11.9. The molecule has 0 heterocycles. The van der Waals surface area contributed by atoms with Crippen molar-refractivity contribution in [3.63, 3.8) is 0 Å². The summed E-state index contributed by atoms with van der Waals surface area (Å²) in [6, 6.07) is 9.22. The zero-order chi connectivity index (χ0) is 17.9. The molecule has 0 saturated heterocycles. The minimum absolute atomic E-state index is 0.0407. The van der Waals surface area contributed by atoms with Crippen molar-refractivity contribution in [2.45, 2.75) is 54.8 Å². The van der Waals surface area contributed by atoms with Gasteiger partial charge in [-0.3, -0.25) is 0 Å². The second-order valence-electron chi connectivity index (χ2n) is 6.63. The normalized spacial score (nSPS) is 29.4. The van der Waals surface area contributed by atoms with Gasteiger partial charge in [-0.2, -0.15) is 0 Å². The Hall–Kier alpha value is -1.11. The van der Waals surface area contributed by atoms with Gasteiger partial charge in [-0.05, 0) is 46.5 Å². The molecule has 2 aliphatic rings. The van der Waals surface area contributed by atoms with Gasteiger partial charge in [-0.15, -0.1) is 0 Å². The number of alkyl halides is 3. The first-order valence-corrected chi connectivity index (χ1v) is 9.23. The molecule has 2 atom stereocenters. The van der Waals surface area contributed by atoms with Crippen molar-refractivity contribution in [1.82, 2.24) is 5.32 Å². The fourth-order valence-corrected chi connectivity index (χ4v) is 3.79. The van der Waals surface area contributed by atoms with Crippen LogP contribution in [0.2, 0.25) is 0 Å². The number of ether oxygens (including phenoxy) is 1. The standard InChI is InChI=1S/C19H21BrF3NO/c20-19(25-13-14-4-2-1-3-5-14)12-15(21)6-7-17(19)24-16-8-10-18(22,23)11-9-16/h1-7,12,16-17,24H,8-11,13H2. The van der Waals surface area contributed by atoms with E-state index in [0.29, 0.717) is 19.4 Å². The van der Waals surface area contributed by atoms with E-state index in [-0.39, 0.29) is 24.9 Å². The minimum atomic E-state index is -2.57. The maximum absolute atomic E-state index is 13.8. The number of rotatable bonds is 5. The van der Waals surface area contributed by atoms with E-state index in [9.17, 15) is 13.2 Å². The molecule has 2 aliphatic carbocycles. The smallest absolute Gasteiger partial charge is 0.248 e. The summed E-state index contributed by atoms with van der Waals surface area (Å²) in [5, 5.41) is 3.34. The number of allylic oxidation sites excluding steroid dienone is 2. The van der Waals surface area contributed by atoms with Gasteiger partial charge in [-0.25, -0.2) is 13.2 Å². The minimum Gasteiger partial charge on any atom is -0.353 e. The fourth-order valence-electron chi connectivity index (χ4n) is 3.17. The Kier molecular flexibility index (Phi) is 5.71. The molecule has 0 radical (unpaired) electrons. The van der Waals surface area contributed by atoms with Crippen LogP contribution >= 0.6 is 15.9 Å². The molecular formula is C19H21BrF3NO. The summed E-state index contributed by atoms with van der Waals surface area (Å²) in [5.74, 6) is -2.96. The fraction of sp³-hybridized carbons (Fsp3) is 0.474. The lowest BCUT2D eigenvalue weighted by Crippen LogP contribution is -2.52. The van der Waals surface area contributed by atoms with E-state index in [0.717, 1.165) is 5.56 Å². The lowest BCUT2D eigenvalue weighted by molar-refractivity contribution is -0.0434. The summed E-state index contributed by atoms with van der Waals surface area (Å²) in [5.41, 5.74) is 0.973. The molecule has 2 unspecified atom stereocenters. The van der Waals surface area contributed by atoms with Gasteiger partial charge < -0.3 is 10.1 Å². The van der Waals surface area contributed by atoms with Crippen molar-refractivity contribution in [3.8, 4) is 0 Å². The van der Waals surface area contributed by atoms with Gasteiger partial charge >= 0.3 is 0 Å². The van der Waals surface area contributed by atoms with Crippen molar-refractivity contribution in [2.75, 3.05) is 0 Å². The highest BCUT2D eigenvalue weighted by Gasteiger charge is 2.40. The highest BCUT2D eigenvalue weighted by atomic mass is 79.9. The van der Waals surface area contributed by atoms with E-state index in [1.54, 1.807) is 6.08 Å². The Balaban J connectivity index is 1.65. The molecule has 6 heteroatoms. The van der Waals surface area contributed by atoms with E-state index in [4.69, 9.17) is 4.74 Å². The topological polar surface area (TPSA) is 21.3 Å². The highest BCUT2D eigenvalue weighted by molar-refractivity contribution is 9.10. The molecule has 0 spiro atoms. The van der Waals surface area contributed by atoms with Gasteiger partial charge in [0.05, 0.1) is 12.6 Å². The summed E-state index contributed by atoms with van der Waals surface area (Å²) < 4.78 is 45.4. The van der Waals surface area contributed by atoms with Crippen molar-refractivity contribution in [1.29, 1.82) is 0 Å². The lowest BCUT2D eigenvalue weighted by atomic mass is 9.91. The van der Waals surface area contributed by atoms with Crippen LogP contribution in [0.4, 0.5) is 13.2 Å². The van der Waals surface area contributed by atoms with Crippen LogP contribution < -0.4 is 5.32 Å². The molecule has 0 aromatic heterocycles. The average molecular weight is 416 g/mol. The van der Waals surface area contributed by atoms with Crippen LogP contribution in [0.3, 0.4) is 0 Å². The molecule has 0 aliphatic heterocycles. The first-order valence-electron chi connectivity index (χ1n) is 8.44. The van der Waals surface area contributed by atoms with E-state index in [1.807, 2.05) is 30.3 Å². The zero-order valence-corrected chi connectivity index (χ0v) is 15.3. The third-order valence-electron chi connectivity index (χ3n) is 4.64. The van der Waals surface area contributed by atoms with Crippen LogP contribution in [-0.2, 0) is 11.3 Å². The SMILES string of the molecule is FC1=CC(Br)(OCc2ccccc2)C(NC2CCC(F)(F)CC2)C=C1. The van der Waals surface area contributed by atoms with Crippen LogP contribution in [0.5, 0.6) is 0 Å². The maximum Gasteiger partial charge on any atom is 0.248 e. The van der Waals surface area contributed by atoms with Crippen molar-refractivity contribution in [2.24, 2.45) is 0 Å². The Labute approximate surface area is 154 Å². The number of hydrogen-bond donors (Lipinski definition) is 1. The Morgan fingerprint density at radius 2 is 1.84 bits per heavy atom. The number of nitrogens with one attached hydrogen (secondary N) is 1. The number of hydrogen-bond acceptors (Lipinski definition) is 2. The summed E-state index contributed by atoms with van der Waals surface area (Å²) in [7, 11) is 0. The van der Waals surface area contributed by atoms with Crippen LogP contribution in [0.1, 0.15) is 31.2 Å². The quantitative estimate of drug-likeness (QED) is 0.662. The molecule has 0 bridgehead atoms. The van der Waals surface area contributed by atoms with E-state index < -0.39 is 16.3 Å². The summed E-state index contributed by atoms with van der Waals surface area (Å²) in [6.45, 7) is 0.310. The number of benzene rings is 1. The molecule has 1 saturated carbocycles. The third-order valence-corrected chi connectivity index (χ3v) is 5.59. The van der Waals surface area contributed by atoms with Crippen LogP contribution in [0.25, 0.3) is 0 Å². The molecule has 1 fully saturated rings. The predicted molar refractivity (Wildman–Crippen MR) is 95.3 cm³/mol. The first kappa shape index (κ1) is 18.7. The Bertz CT molecular complexity index is 639. The molecule has 1 aromatic rings.